The number of rotatable bonds is 7. The molecular formula is C24H26N2O4. The fraction of sp³-hybridized carbons (Fsp3) is 0.333. The molecule has 30 heavy (non-hydrogen) atoms. The molecule has 6 nitrogen and oxygen atoms in total. The van der Waals surface area contributed by atoms with Crippen LogP contribution in [0, 0.1) is 13.8 Å². The molecule has 1 N–H and O–H groups in total. The van der Waals surface area contributed by atoms with Crippen molar-refractivity contribution in [3.05, 3.63) is 71.1 Å². The Bertz CT molecular complexity index is 968. The van der Waals surface area contributed by atoms with Gasteiger partial charge in [-0.05, 0) is 88.1 Å². The van der Waals surface area contributed by atoms with Crippen molar-refractivity contribution in [1.82, 2.24) is 5.16 Å². The highest BCUT2D eigenvalue weighted by molar-refractivity contribution is 6.04. The first-order valence-electron chi connectivity index (χ1n) is 10.3. The van der Waals surface area contributed by atoms with Crippen LogP contribution in [-0.2, 0) is 6.61 Å². The third kappa shape index (κ3) is 4.82. The molecule has 1 heterocycles. The van der Waals surface area contributed by atoms with E-state index in [0.717, 1.165) is 41.3 Å². The zero-order chi connectivity index (χ0) is 20.9. The highest BCUT2D eigenvalue weighted by Gasteiger charge is 2.16. The molecule has 156 valence electrons. The van der Waals surface area contributed by atoms with Gasteiger partial charge in [-0.2, -0.15) is 0 Å². The topological polar surface area (TPSA) is 73.6 Å². The molecule has 0 unspecified atom stereocenters. The summed E-state index contributed by atoms with van der Waals surface area (Å²) < 4.78 is 16.9. The van der Waals surface area contributed by atoms with Crippen LogP contribution < -0.4 is 14.8 Å². The molecule has 1 fully saturated rings. The number of hydrogen-bond donors (Lipinski definition) is 1. The van der Waals surface area contributed by atoms with Gasteiger partial charge in [0.05, 0.1) is 17.4 Å². The average molecular weight is 406 g/mol. The van der Waals surface area contributed by atoms with E-state index in [1.54, 1.807) is 24.3 Å². The van der Waals surface area contributed by atoms with Crippen molar-refractivity contribution in [3.63, 3.8) is 0 Å². The predicted molar refractivity (Wildman–Crippen MR) is 114 cm³/mol. The van der Waals surface area contributed by atoms with Gasteiger partial charge in [0.15, 0.2) is 0 Å². The van der Waals surface area contributed by atoms with E-state index >= 15 is 0 Å². The first-order chi connectivity index (χ1) is 14.6. The second-order valence-corrected chi connectivity index (χ2v) is 7.62. The summed E-state index contributed by atoms with van der Waals surface area (Å²) in [5.74, 6) is 2.11. The van der Waals surface area contributed by atoms with E-state index in [1.165, 1.54) is 12.8 Å². The van der Waals surface area contributed by atoms with Crippen molar-refractivity contribution < 1.29 is 18.8 Å². The number of carbonyl (C=O) groups excluding carboxylic acids is 1. The Morgan fingerprint density at radius 1 is 1.03 bits per heavy atom. The van der Waals surface area contributed by atoms with E-state index in [9.17, 15) is 4.79 Å². The van der Waals surface area contributed by atoms with Crippen LogP contribution in [0.15, 0.2) is 53.1 Å². The lowest BCUT2D eigenvalue weighted by Crippen LogP contribution is -2.12. The largest absolute Gasteiger partial charge is 0.490 e. The molecular weight excluding hydrogens is 380 g/mol. The highest BCUT2D eigenvalue weighted by atomic mass is 16.5. The molecule has 1 amide bonds. The number of benzene rings is 2. The number of anilines is 1. The summed E-state index contributed by atoms with van der Waals surface area (Å²) in [5, 5.41) is 6.83. The Balaban J connectivity index is 1.31. The minimum Gasteiger partial charge on any atom is -0.490 e. The molecule has 2 aromatic carbocycles. The average Bonchev–Trinajstić information content (AvgIpc) is 3.38. The number of hydrogen-bond acceptors (Lipinski definition) is 5. The number of carbonyl (C=O) groups is 1. The molecule has 1 aromatic heterocycles. The number of nitrogens with one attached hydrogen (secondary N) is 1. The van der Waals surface area contributed by atoms with Gasteiger partial charge in [0.2, 0.25) is 0 Å². The van der Waals surface area contributed by atoms with Gasteiger partial charge >= 0.3 is 0 Å². The van der Waals surface area contributed by atoms with E-state index < -0.39 is 0 Å². The number of aryl methyl sites for hydroxylation is 2. The monoisotopic (exact) mass is 406 g/mol. The van der Waals surface area contributed by atoms with Gasteiger partial charge in [-0.25, -0.2) is 0 Å². The maximum absolute atomic E-state index is 12.5. The Kier molecular flexibility index (Phi) is 6.02. The second kappa shape index (κ2) is 9.03. The van der Waals surface area contributed by atoms with Gasteiger partial charge in [0, 0.05) is 11.3 Å². The van der Waals surface area contributed by atoms with E-state index in [0.29, 0.717) is 24.0 Å². The summed E-state index contributed by atoms with van der Waals surface area (Å²) in [5.41, 5.74) is 3.06. The molecule has 0 radical (unpaired) electrons. The third-order valence-electron chi connectivity index (χ3n) is 5.40. The van der Waals surface area contributed by atoms with Crippen molar-refractivity contribution in [2.24, 2.45) is 0 Å². The molecule has 1 aliphatic rings. The normalized spacial score (nSPS) is 13.9. The summed E-state index contributed by atoms with van der Waals surface area (Å²) in [6.45, 7) is 4.12. The van der Waals surface area contributed by atoms with Crippen LogP contribution in [0.2, 0.25) is 0 Å². The highest BCUT2D eigenvalue weighted by Crippen LogP contribution is 2.25. The minimum absolute atomic E-state index is 0.170. The standard InChI is InChI=1S/C24H26N2O4/c1-16-23(17(2)30-26-16)15-28-20-11-7-18(8-12-20)24(27)25-19-9-13-22(14-10-19)29-21-5-3-4-6-21/h7-14,21H,3-6,15H2,1-2H3,(H,25,27). The molecule has 6 heteroatoms. The number of aromatic nitrogens is 1. The Hall–Kier alpha value is -3.28. The quantitative estimate of drug-likeness (QED) is 0.565. The maximum atomic E-state index is 12.5. The molecule has 3 aromatic rings. The molecule has 0 saturated heterocycles. The van der Waals surface area contributed by atoms with E-state index in [1.807, 2.05) is 38.1 Å². The first kappa shape index (κ1) is 20.0. The van der Waals surface area contributed by atoms with Gasteiger partial charge in [0.25, 0.3) is 5.91 Å². The Labute approximate surface area is 176 Å². The lowest BCUT2D eigenvalue weighted by Gasteiger charge is -2.13. The smallest absolute Gasteiger partial charge is 0.255 e. The third-order valence-corrected chi connectivity index (χ3v) is 5.40. The van der Waals surface area contributed by atoms with Crippen LogP contribution in [0.1, 0.15) is 53.1 Å². The van der Waals surface area contributed by atoms with Gasteiger partial charge in [-0.15, -0.1) is 0 Å². The zero-order valence-electron chi connectivity index (χ0n) is 17.3. The zero-order valence-corrected chi connectivity index (χ0v) is 17.3. The molecule has 0 bridgehead atoms. The molecule has 0 aliphatic heterocycles. The second-order valence-electron chi connectivity index (χ2n) is 7.62. The van der Waals surface area contributed by atoms with Crippen LogP contribution in [-0.4, -0.2) is 17.2 Å². The first-order valence-corrected chi connectivity index (χ1v) is 10.3. The van der Waals surface area contributed by atoms with Crippen molar-refractivity contribution in [3.8, 4) is 11.5 Å². The molecule has 1 saturated carbocycles. The Morgan fingerprint density at radius 2 is 1.70 bits per heavy atom. The van der Waals surface area contributed by atoms with Crippen LogP contribution in [0.5, 0.6) is 11.5 Å². The Morgan fingerprint density at radius 3 is 2.33 bits per heavy atom. The molecule has 1 aliphatic carbocycles. The number of ether oxygens (including phenoxy) is 2. The van der Waals surface area contributed by atoms with Gasteiger partial charge in [-0.3, -0.25) is 4.79 Å². The predicted octanol–water partition coefficient (Wildman–Crippen LogP) is 5.44. The van der Waals surface area contributed by atoms with Crippen LogP contribution in [0.25, 0.3) is 0 Å². The van der Waals surface area contributed by atoms with Gasteiger partial charge in [-0.1, -0.05) is 5.16 Å². The number of amides is 1. The van der Waals surface area contributed by atoms with Gasteiger partial charge in [0.1, 0.15) is 23.9 Å². The summed E-state index contributed by atoms with van der Waals surface area (Å²) >= 11 is 0. The fourth-order valence-electron chi connectivity index (χ4n) is 3.58. The van der Waals surface area contributed by atoms with Crippen LogP contribution in [0.4, 0.5) is 5.69 Å². The van der Waals surface area contributed by atoms with Crippen molar-refractivity contribution in [2.45, 2.75) is 52.2 Å². The summed E-state index contributed by atoms with van der Waals surface area (Å²) in [6, 6.07) is 14.6. The van der Waals surface area contributed by atoms with E-state index in [-0.39, 0.29) is 5.91 Å². The maximum Gasteiger partial charge on any atom is 0.255 e. The van der Waals surface area contributed by atoms with E-state index in [2.05, 4.69) is 10.5 Å². The molecule has 4 rings (SSSR count). The van der Waals surface area contributed by atoms with Crippen molar-refractivity contribution in [2.75, 3.05) is 5.32 Å². The van der Waals surface area contributed by atoms with Crippen LogP contribution in [0.3, 0.4) is 0 Å². The molecule has 0 atom stereocenters. The van der Waals surface area contributed by atoms with E-state index in [4.69, 9.17) is 14.0 Å². The van der Waals surface area contributed by atoms with Crippen molar-refractivity contribution in [1.29, 1.82) is 0 Å². The number of nitrogens with zero attached hydrogens (tertiary/aromatic N) is 1. The lowest BCUT2D eigenvalue weighted by atomic mass is 10.2. The summed E-state index contributed by atoms with van der Waals surface area (Å²) in [6.07, 6.45) is 5.04. The molecule has 0 spiro atoms. The SMILES string of the molecule is Cc1noc(C)c1COc1ccc(C(=O)Nc2ccc(OC3CCCC3)cc2)cc1. The minimum atomic E-state index is -0.170. The van der Waals surface area contributed by atoms with Crippen LogP contribution >= 0.6 is 0 Å². The summed E-state index contributed by atoms with van der Waals surface area (Å²) in [4.78, 5) is 12.5. The lowest BCUT2D eigenvalue weighted by molar-refractivity contribution is 0.102. The van der Waals surface area contributed by atoms with Crippen molar-refractivity contribution >= 4 is 11.6 Å². The fourth-order valence-corrected chi connectivity index (χ4v) is 3.58. The summed E-state index contributed by atoms with van der Waals surface area (Å²) in [7, 11) is 0. The van der Waals surface area contributed by atoms with Gasteiger partial charge < -0.3 is 19.3 Å².